The van der Waals surface area contributed by atoms with Crippen molar-refractivity contribution < 1.29 is 0 Å². The van der Waals surface area contributed by atoms with Crippen LogP contribution in [0, 0.1) is 6.92 Å². The van der Waals surface area contributed by atoms with Gasteiger partial charge in [-0.05, 0) is 38.3 Å². The van der Waals surface area contributed by atoms with Gasteiger partial charge in [0.15, 0.2) is 0 Å². The summed E-state index contributed by atoms with van der Waals surface area (Å²) in [5, 5.41) is 3.28. The maximum absolute atomic E-state index is 4.70. The molecule has 0 aromatic carbocycles. The van der Waals surface area contributed by atoms with E-state index in [1.807, 2.05) is 25.4 Å². The third-order valence-corrected chi connectivity index (χ3v) is 3.21. The first-order valence-electron chi connectivity index (χ1n) is 6.81. The monoisotopic (exact) mass is 254 g/mol. The van der Waals surface area contributed by atoms with Crippen LogP contribution < -0.4 is 5.32 Å². The summed E-state index contributed by atoms with van der Waals surface area (Å²) < 4.78 is 0. The molecule has 0 saturated heterocycles. The lowest BCUT2D eigenvalue weighted by Gasteiger charge is -2.08. The predicted molar refractivity (Wildman–Crippen MR) is 76.1 cm³/mol. The Morgan fingerprint density at radius 1 is 1.21 bits per heavy atom. The summed E-state index contributed by atoms with van der Waals surface area (Å²) in [4.78, 5) is 13.5. The molecule has 2 aromatic rings. The number of rotatable bonds is 4. The van der Waals surface area contributed by atoms with Gasteiger partial charge >= 0.3 is 0 Å². The Labute approximate surface area is 113 Å². The molecule has 1 aliphatic rings. The van der Waals surface area contributed by atoms with Crippen molar-refractivity contribution in [1.29, 1.82) is 0 Å². The number of anilines is 1. The molecule has 0 bridgehead atoms. The van der Waals surface area contributed by atoms with E-state index in [1.165, 1.54) is 12.8 Å². The van der Waals surface area contributed by atoms with Gasteiger partial charge in [0.2, 0.25) is 0 Å². The highest BCUT2D eigenvalue weighted by molar-refractivity contribution is 5.62. The SMILES string of the molecule is CCNc1cc(-c2cncc(C)c2)nc(C2CC2)n1. The molecule has 0 aliphatic heterocycles. The van der Waals surface area contributed by atoms with Gasteiger partial charge in [-0.15, -0.1) is 0 Å². The zero-order valence-electron chi connectivity index (χ0n) is 11.3. The number of hydrogen-bond acceptors (Lipinski definition) is 4. The maximum Gasteiger partial charge on any atom is 0.134 e. The average molecular weight is 254 g/mol. The van der Waals surface area contributed by atoms with E-state index in [0.29, 0.717) is 5.92 Å². The van der Waals surface area contributed by atoms with E-state index in [1.54, 1.807) is 0 Å². The molecule has 1 fully saturated rings. The van der Waals surface area contributed by atoms with Crippen molar-refractivity contribution >= 4 is 5.82 Å². The third kappa shape index (κ3) is 2.72. The molecular weight excluding hydrogens is 236 g/mol. The van der Waals surface area contributed by atoms with Crippen molar-refractivity contribution in [2.24, 2.45) is 0 Å². The van der Waals surface area contributed by atoms with E-state index in [0.717, 1.165) is 35.0 Å². The number of nitrogens with one attached hydrogen (secondary N) is 1. The molecule has 3 rings (SSSR count). The molecule has 19 heavy (non-hydrogen) atoms. The largest absolute Gasteiger partial charge is 0.370 e. The van der Waals surface area contributed by atoms with E-state index in [-0.39, 0.29) is 0 Å². The summed E-state index contributed by atoms with van der Waals surface area (Å²) in [6.07, 6.45) is 6.14. The van der Waals surface area contributed by atoms with Crippen molar-refractivity contribution in [2.75, 3.05) is 11.9 Å². The fourth-order valence-corrected chi connectivity index (χ4v) is 2.10. The second-order valence-corrected chi connectivity index (χ2v) is 5.05. The Morgan fingerprint density at radius 3 is 2.74 bits per heavy atom. The summed E-state index contributed by atoms with van der Waals surface area (Å²) in [5.41, 5.74) is 3.17. The first kappa shape index (κ1) is 12.1. The van der Waals surface area contributed by atoms with Crippen LogP contribution in [0.4, 0.5) is 5.82 Å². The molecule has 0 atom stereocenters. The standard InChI is InChI=1S/C15H18N4/c1-3-17-14-7-13(12-6-10(2)8-16-9-12)18-15(19-14)11-4-5-11/h6-9,11H,3-5H2,1-2H3,(H,17,18,19). The van der Waals surface area contributed by atoms with E-state index in [2.05, 4.69) is 28.3 Å². The van der Waals surface area contributed by atoms with Crippen molar-refractivity contribution in [3.05, 3.63) is 35.9 Å². The summed E-state index contributed by atoms with van der Waals surface area (Å²) in [7, 11) is 0. The van der Waals surface area contributed by atoms with Crippen LogP contribution in [-0.4, -0.2) is 21.5 Å². The molecule has 4 heteroatoms. The Balaban J connectivity index is 2.03. The van der Waals surface area contributed by atoms with Crippen LogP contribution in [0.2, 0.25) is 0 Å². The summed E-state index contributed by atoms with van der Waals surface area (Å²) in [5.74, 6) is 2.43. The lowest BCUT2D eigenvalue weighted by atomic mass is 10.1. The minimum atomic E-state index is 0.551. The van der Waals surface area contributed by atoms with Crippen LogP contribution in [0.3, 0.4) is 0 Å². The van der Waals surface area contributed by atoms with Gasteiger partial charge in [-0.25, -0.2) is 9.97 Å². The highest BCUT2D eigenvalue weighted by Crippen LogP contribution is 2.39. The average Bonchev–Trinajstić information content (AvgIpc) is 3.23. The molecule has 0 unspecified atom stereocenters. The fraction of sp³-hybridized carbons (Fsp3) is 0.400. The van der Waals surface area contributed by atoms with Gasteiger partial charge in [0.1, 0.15) is 11.6 Å². The lowest BCUT2D eigenvalue weighted by Crippen LogP contribution is -2.04. The summed E-state index contributed by atoms with van der Waals surface area (Å²) in [6.45, 7) is 4.99. The first-order chi connectivity index (χ1) is 9.26. The van der Waals surface area contributed by atoms with E-state index in [9.17, 15) is 0 Å². The number of hydrogen-bond donors (Lipinski definition) is 1. The molecule has 0 radical (unpaired) electrons. The number of nitrogens with zero attached hydrogens (tertiary/aromatic N) is 3. The van der Waals surface area contributed by atoms with Crippen molar-refractivity contribution in [3.8, 4) is 11.3 Å². The minimum absolute atomic E-state index is 0.551. The van der Waals surface area contributed by atoms with Gasteiger partial charge in [-0.2, -0.15) is 0 Å². The topological polar surface area (TPSA) is 50.7 Å². The molecule has 98 valence electrons. The van der Waals surface area contributed by atoms with Gasteiger partial charge in [-0.1, -0.05) is 0 Å². The summed E-state index contributed by atoms with van der Waals surface area (Å²) >= 11 is 0. The van der Waals surface area contributed by atoms with E-state index < -0.39 is 0 Å². The highest BCUT2D eigenvalue weighted by Gasteiger charge is 2.27. The Bertz CT molecular complexity index is 590. The van der Waals surface area contributed by atoms with Gasteiger partial charge in [0.25, 0.3) is 0 Å². The molecule has 0 spiro atoms. The van der Waals surface area contributed by atoms with Gasteiger partial charge in [0, 0.05) is 36.5 Å². The zero-order valence-corrected chi connectivity index (χ0v) is 11.3. The molecule has 1 aliphatic carbocycles. The van der Waals surface area contributed by atoms with Crippen LogP contribution >= 0.6 is 0 Å². The predicted octanol–water partition coefficient (Wildman–Crippen LogP) is 3.16. The third-order valence-electron chi connectivity index (χ3n) is 3.21. The van der Waals surface area contributed by atoms with Crippen LogP contribution in [0.5, 0.6) is 0 Å². The molecule has 2 aromatic heterocycles. The Hall–Kier alpha value is -1.97. The van der Waals surface area contributed by atoms with Crippen molar-refractivity contribution in [1.82, 2.24) is 15.0 Å². The molecular formula is C15H18N4. The van der Waals surface area contributed by atoms with E-state index >= 15 is 0 Å². The van der Waals surface area contributed by atoms with Crippen molar-refractivity contribution in [3.63, 3.8) is 0 Å². The number of aromatic nitrogens is 3. The minimum Gasteiger partial charge on any atom is -0.370 e. The van der Waals surface area contributed by atoms with Crippen LogP contribution in [0.1, 0.15) is 37.1 Å². The maximum atomic E-state index is 4.70. The molecule has 2 heterocycles. The van der Waals surface area contributed by atoms with Crippen LogP contribution in [0.25, 0.3) is 11.3 Å². The number of aryl methyl sites for hydroxylation is 1. The molecule has 0 amide bonds. The van der Waals surface area contributed by atoms with Crippen molar-refractivity contribution in [2.45, 2.75) is 32.6 Å². The highest BCUT2D eigenvalue weighted by atomic mass is 15.0. The second-order valence-electron chi connectivity index (χ2n) is 5.05. The lowest BCUT2D eigenvalue weighted by molar-refractivity contribution is 0.927. The quantitative estimate of drug-likeness (QED) is 0.910. The summed E-state index contributed by atoms with van der Waals surface area (Å²) in [6, 6.07) is 4.12. The zero-order chi connectivity index (χ0) is 13.2. The number of pyridine rings is 1. The Morgan fingerprint density at radius 2 is 2.05 bits per heavy atom. The van der Waals surface area contributed by atoms with Gasteiger partial charge in [0.05, 0.1) is 5.69 Å². The normalized spacial score (nSPS) is 14.4. The first-order valence-corrected chi connectivity index (χ1v) is 6.81. The molecule has 1 N–H and O–H groups in total. The van der Waals surface area contributed by atoms with E-state index in [4.69, 9.17) is 4.98 Å². The van der Waals surface area contributed by atoms with Crippen LogP contribution in [-0.2, 0) is 0 Å². The molecule has 1 saturated carbocycles. The van der Waals surface area contributed by atoms with Gasteiger partial charge < -0.3 is 5.32 Å². The Kier molecular flexibility index (Phi) is 3.15. The fourth-order valence-electron chi connectivity index (χ4n) is 2.10. The second kappa shape index (κ2) is 4.96. The van der Waals surface area contributed by atoms with Gasteiger partial charge in [-0.3, -0.25) is 4.98 Å². The van der Waals surface area contributed by atoms with Crippen LogP contribution in [0.15, 0.2) is 24.5 Å². The smallest absolute Gasteiger partial charge is 0.134 e. The molecule has 4 nitrogen and oxygen atoms in total.